The number of hydrogen-bond donors (Lipinski definition) is 1. The topological polar surface area (TPSA) is 44.1 Å². The maximum absolute atomic E-state index is 12.6. The van der Waals surface area contributed by atoms with Crippen LogP contribution in [0.1, 0.15) is 30.9 Å². The maximum Gasteiger partial charge on any atom is 0.262 e. The Morgan fingerprint density at radius 1 is 1.36 bits per heavy atom. The van der Waals surface area contributed by atoms with Crippen LogP contribution in [-0.4, -0.2) is 16.7 Å². The van der Waals surface area contributed by atoms with Crippen LogP contribution in [-0.2, 0) is 6.54 Å². The molecule has 1 aromatic heterocycles. The molecule has 0 atom stereocenters. The van der Waals surface area contributed by atoms with E-state index in [1.54, 1.807) is 18.0 Å². The van der Waals surface area contributed by atoms with E-state index in [1.165, 1.54) is 0 Å². The van der Waals surface area contributed by atoms with E-state index >= 15 is 0 Å². The van der Waals surface area contributed by atoms with Gasteiger partial charge in [0.15, 0.2) is 0 Å². The summed E-state index contributed by atoms with van der Waals surface area (Å²) in [5.74, 6) is 0.759. The molecule has 0 bridgehead atoms. The van der Waals surface area contributed by atoms with Crippen molar-refractivity contribution in [1.29, 1.82) is 0 Å². The molecule has 0 aliphatic rings. The largest absolute Gasteiger partial charge is 0.497 e. The third-order valence-electron chi connectivity index (χ3n) is 3.51. The van der Waals surface area contributed by atoms with Gasteiger partial charge in [0.05, 0.1) is 19.0 Å². The summed E-state index contributed by atoms with van der Waals surface area (Å²) in [6.45, 7) is 6.79. The fourth-order valence-corrected chi connectivity index (χ4v) is 2.45. The highest BCUT2D eigenvalue weighted by Crippen LogP contribution is 2.24. The Labute approximate surface area is 135 Å². The number of benzene rings is 1. The molecule has 1 heterocycles. The van der Waals surface area contributed by atoms with Gasteiger partial charge in [-0.1, -0.05) is 32.1 Å². The van der Waals surface area contributed by atoms with Gasteiger partial charge in [0.2, 0.25) is 0 Å². The second kappa shape index (κ2) is 7.31. The van der Waals surface area contributed by atoms with Gasteiger partial charge in [-0.2, -0.15) is 0 Å². The van der Waals surface area contributed by atoms with E-state index in [1.807, 2.05) is 24.3 Å². The zero-order valence-electron chi connectivity index (χ0n) is 12.9. The van der Waals surface area contributed by atoms with Crippen molar-refractivity contribution in [1.82, 2.24) is 9.55 Å². The van der Waals surface area contributed by atoms with Crippen molar-refractivity contribution >= 4 is 18.2 Å². The number of aromatic nitrogens is 2. The van der Waals surface area contributed by atoms with Gasteiger partial charge in [-0.25, -0.2) is 4.98 Å². The third-order valence-corrected chi connectivity index (χ3v) is 3.85. The molecular weight excluding hydrogens is 296 g/mol. The summed E-state index contributed by atoms with van der Waals surface area (Å²) in [7, 11) is 1.61. The molecule has 4 nitrogen and oxygen atoms in total. The van der Waals surface area contributed by atoms with Crippen LogP contribution in [0.25, 0.3) is 5.57 Å². The van der Waals surface area contributed by atoms with Crippen molar-refractivity contribution in [2.75, 3.05) is 7.11 Å². The number of hydrogen-bond acceptors (Lipinski definition) is 4. The molecule has 0 saturated heterocycles. The Hall–Kier alpha value is -2.01. The van der Waals surface area contributed by atoms with Crippen molar-refractivity contribution in [2.45, 2.75) is 31.3 Å². The van der Waals surface area contributed by atoms with Crippen LogP contribution in [0.5, 0.6) is 5.75 Å². The third kappa shape index (κ3) is 3.42. The second-order valence-corrected chi connectivity index (χ2v) is 5.43. The van der Waals surface area contributed by atoms with Crippen LogP contribution in [0.15, 0.2) is 47.0 Å². The highest BCUT2D eigenvalue weighted by molar-refractivity contribution is 7.80. The van der Waals surface area contributed by atoms with Gasteiger partial charge in [-0.05, 0) is 29.7 Å². The van der Waals surface area contributed by atoms with Crippen LogP contribution in [0.2, 0.25) is 0 Å². The molecule has 0 spiro atoms. The van der Waals surface area contributed by atoms with Crippen molar-refractivity contribution in [3.8, 4) is 5.75 Å². The number of nitrogens with zero attached hydrogens (tertiary/aromatic N) is 2. The van der Waals surface area contributed by atoms with E-state index < -0.39 is 0 Å². The molecule has 116 valence electrons. The molecule has 1 aromatic carbocycles. The van der Waals surface area contributed by atoms with E-state index in [9.17, 15) is 4.79 Å². The SMILES string of the molecule is C=C(c1ccc(OC)cc1)c1c(S)ncn(CCCC)c1=O. The van der Waals surface area contributed by atoms with E-state index in [0.29, 0.717) is 22.7 Å². The second-order valence-electron chi connectivity index (χ2n) is 5.00. The number of aryl methyl sites for hydroxylation is 1. The first-order valence-electron chi connectivity index (χ1n) is 7.20. The van der Waals surface area contributed by atoms with Crippen LogP contribution in [0.3, 0.4) is 0 Å². The summed E-state index contributed by atoms with van der Waals surface area (Å²) >= 11 is 4.32. The van der Waals surface area contributed by atoms with Crippen LogP contribution in [0.4, 0.5) is 0 Å². The molecule has 22 heavy (non-hydrogen) atoms. The zero-order valence-corrected chi connectivity index (χ0v) is 13.8. The Kier molecular flexibility index (Phi) is 5.44. The summed E-state index contributed by atoms with van der Waals surface area (Å²) < 4.78 is 6.76. The highest BCUT2D eigenvalue weighted by Gasteiger charge is 2.14. The number of thiol groups is 1. The van der Waals surface area contributed by atoms with Gasteiger partial charge in [-0.3, -0.25) is 9.36 Å². The van der Waals surface area contributed by atoms with Gasteiger partial charge < -0.3 is 4.74 Å². The van der Waals surface area contributed by atoms with Gasteiger partial charge in [0.25, 0.3) is 5.56 Å². The number of rotatable bonds is 6. The normalized spacial score (nSPS) is 10.5. The van der Waals surface area contributed by atoms with Crippen molar-refractivity contribution < 1.29 is 4.74 Å². The van der Waals surface area contributed by atoms with E-state index in [2.05, 4.69) is 31.1 Å². The van der Waals surface area contributed by atoms with Gasteiger partial charge in [0, 0.05) is 6.54 Å². The predicted molar refractivity (Wildman–Crippen MR) is 91.8 cm³/mol. The smallest absolute Gasteiger partial charge is 0.262 e. The molecule has 0 amide bonds. The van der Waals surface area contributed by atoms with Crippen molar-refractivity contribution in [3.63, 3.8) is 0 Å². The van der Waals surface area contributed by atoms with Crippen LogP contribution in [0, 0.1) is 0 Å². The monoisotopic (exact) mass is 316 g/mol. The Balaban J connectivity index is 2.41. The van der Waals surface area contributed by atoms with Gasteiger partial charge in [0.1, 0.15) is 10.8 Å². The van der Waals surface area contributed by atoms with E-state index in [0.717, 1.165) is 24.2 Å². The van der Waals surface area contributed by atoms with E-state index in [-0.39, 0.29) is 5.56 Å². The highest BCUT2D eigenvalue weighted by atomic mass is 32.1. The lowest BCUT2D eigenvalue weighted by Crippen LogP contribution is -2.24. The Bertz CT molecular complexity index is 720. The minimum absolute atomic E-state index is 0.103. The summed E-state index contributed by atoms with van der Waals surface area (Å²) in [5.41, 5.74) is 1.82. The first-order chi connectivity index (χ1) is 10.6. The van der Waals surface area contributed by atoms with Gasteiger partial charge in [-0.15, -0.1) is 12.6 Å². The summed E-state index contributed by atoms with van der Waals surface area (Å²) in [6.07, 6.45) is 3.50. The number of methoxy groups -OCH3 is 1. The average Bonchev–Trinajstić information content (AvgIpc) is 2.54. The molecule has 0 N–H and O–H groups in total. The lowest BCUT2D eigenvalue weighted by molar-refractivity contribution is 0.415. The molecule has 0 fully saturated rings. The van der Waals surface area contributed by atoms with Crippen molar-refractivity contribution in [2.24, 2.45) is 0 Å². The number of unbranched alkanes of at least 4 members (excludes halogenated alkanes) is 1. The quantitative estimate of drug-likeness (QED) is 0.656. The van der Waals surface area contributed by atoms with E-state index in [4.69, 9.17) is 4.74 Å². The number of ether oxygens (including phenoxy) is 1. The standard InChI is InChI=1S/C17H20N2O2S/c1-4-5-10-19-11-18-16(22)15(17(19)20)12(2)13-6-8-14(21-3)9-7-13/h6-9,11,22H,2,4-5,10H2,1,3H3. The summed E-state index contributed by atoms with van der Waals surface area (Å²) in [4.78, 5) is 16.8. The van der Waals surface area contributed by atoms with Crippen molar-refractivity contribution in [3.05, 3.63) is 58.7 Å². The molecule has 0 saturated carbocycles. The fraction of sp³-hybridized carbons (Fsp3) is 0.294. The zero-order chi connectivity index (χ0) is 16.1. The molecule has 5 heteroatoms. The first kappa shape index (κ1) is 16.4. The maximum atomic E-state index is 12.6. The molecule has 2 rings (SSSR count). The summed E-state index contributed by atoms with van der Waals surface area (Å²) in [6, 6.07) is 7.42. The lowest BCUT2D eigenvalue weighted by atomic mass is 10.0. The van der Waals surface area contributed by atoms with Crippen LogP contribution < -0.4 is 10.3 Å². The Morgan fingerprint density at radius 3 is 2.64 bits per heavy atom. The molecule has 0 radical (unpaired) electrons. The molecule has 0 aliphatic carbocycles. The lowest BCUT2D eigenvalue weighted by Gasteiger charge is -2.12. The summed E-state index contributed by atoms with van der Waals surface area (Å²) in [5, 5.41) is 0.401. The minimum atomic E-state index is -0.103. The fourth-order valence-electron chi connectivity index (χ4n) is 2.17. The van der Waals surface area contributed by atoms with Gasteiger partial charge >= 0.3 is 0 Å². The first-order valence-corrected chi connectivity index (χ1v) is 7.65. The molecular formula is C17H20N2O2S. The minimum Gasteiger partial charge on any atom is -0.497 e. The molecule has 0 unspecified atom stereocenters. The molecule has 2 aromatic rings. The van der Waals surface area contributed by atoms with Crippen LogP contribution >= 0.6 is 12.6 Å². The average molecular weight is 316 g/mol. The Morgan fingerprint density at radius 2 is 2.05 bits per heavy atom. The predicted octanol–water partition coefficient (Wildman–Crippen LogP) is 3.40. The molecule has 0 aliphatic heterocycles.